The van der Waals surface area contributed by atoms with E-state index in [2.05, 4.69) is 19.1 Å². The number of carbonyl (C=O) groups excluding carboxylic acids is 1. The van der Waals surface area contributed by atoms with Crippen LogP contribution in [0, 0.1) is 18.3 Å². The van der Waals surface area contributed by atoms with Gasteiger partial charge in [-0.15, -0.1) is 22.7 Å². The molecule has 0 aliphatic heterocycles. The molecular formula is C12H9NOS2. The maximum Gasteiger partial charge on any atom is 0.186 e. The van der Waals surface area contributed by atoms with Crippen molar-refractivity contribution in [3.8, 4) is 15.8 Å². The minimum Gasteiger partial charge on any atom is -0.292 e. The molecule has 2 aromatic rings. The van der Waals surface area contributed by atoms with Gasteiger partial charge in [0.2, 0.25) is 0 Å². The smallest absolute Gasteiger partial charge is 0.186 e. The molecule has 0 fully saturated rings. The van der Waals surface area contributed by atoms with Crippen LogP contribution in [-0.4, -0.2) is 5.78 Å². The maximum absolute atomic E-state index is 11.5. The first-order valence-corrected chi connectivity index (χ1v) is 6.41. The van der Waals surface area contributed by atoms with Crippen molar-refractivity contribution in [2.45, 2.75) is 13.3 Å². The molecule has 4 heteroatoms. The number of carbonyl (C=O) groups is 1. The minimum absolute atomic E-state index is 0.0383. The summed E-state index contributed by atoms with van der Waals surface area (Å²) < 4.78 is 0. The molecule has 16 heavy (non-hydrogen) atoms. The highest BCUT2D eigenvalue weighted by atomic mass is 32.1. The molecule has 0 aromatic carbocycles. The third kappa shape index (κ3) is 2.21. The number of nitrogens with zero attached hydrogens (tertiary/aromatic N) is 1. The monoisotopic (exact) mass is 247 g/mol. The van der Waals surface area contributed by atoms with E-state index in [1.165, 1.54) is 21.1 Å². The Balaban J connectivity index is 2.27. The van der Waals surface area contributed by atoms with Gasteiger partial charge in [0.15, 0.2) is 5.78 Å². The number of hydrogen-bond donors (Lipinski definition) is 0. The highest BCUT2D eigenvalue weighted by Crippen LogP contribution is 2.33. The average Bonchev–Trinajstić information content (AvgIpc) is 2.85. The molecule has 2 nitrogen and oxygen atoms in total. The van der Waals surface area contributed by atoms with Gasteiger partial charge in [-0.1, -0.05) is 0 Å². The van der Waals surface area contributed by atoms with E-state index < -0.39 is 0 Å². The van der Waals surface area contributed by atoms with Crippen LogP contribution in [0.5, 0.6) is 0 Å². The molecule has 0 aliphatic carbocycles. The molecule has 0 saturated heterocycles. The molecule has 0 radical (unpaired) electrons. The average molecular weight is 247 g/mol. The van der Waals surface area contributed by atoms with Gasteiger partial charge in [0.05, 0.1) is 17.4 Å². The Morgan fingerprint density at radius 3 is 2.56 bits per heavy atom. The van der Waals surface area contributed by atoms with Crippen LogP contribution >= 0.6 is 22.7 Å². The van der Waals surface area contributed by atoms with Crippen LogP contribution in [0.3, 0.4) is 0 Å². The number of Topliss-reactive ketones (excluding diaryl/α,β-unsaturated/α-hetero) is 1. The van der Waals surface area contributed by atoms with E-state index in [-0.39, 0.29) is 12.2 Å². The second-order valence-electron chi connectivity index (χ2n) is 3.33. The van der Waals surface area contributed by atoms with Gasteiger partial charge in [-0.05, 0) is 31.2 Å². The van der Waals surface area contributed by atoms with E-state index in [9.17, 15) is 4.79 Å². The lowest BCUT2D eigenvalue weighted by Crippen LogP contribution is -1.91. The van der Waals surface area contributed by atoms with Gasteiger partial charge in [-0.3, -0.25) is 4.79 Å². The molecule has 0 bridgehead atoms. The van der Waals surface area contributed by atoms with Crippen molar-refractivity contribution in [3.63, 3.8) is 0 Å². The number of hydrogen-bond acceptors (Lipinski definition) is 4. The largest absolute Gasteiger partial charge is 0.292 e. The Labute approximate surface area is 102 Å². The molecule has 0 unspecified atom stereocenters. The van der Waals surface area contributed by atoms with Gasteiger partial charge in [0, 0.05) is 14.6 Å². The lowest BCUT2D eigenvalue weighted by atomic mass is 10.2. The normalized spacial score (nSPS) is 10.0. The van der Waals surface area contributed by atoms with Crippen LogP contribution in [-0.2, 0) is 0 Å². The Morgan fingerprint density at radius 1 is 1.25 bits per heavy atom. The van der Waals surface area contributed by atoms with E-state index in [0.717, 1.165) is 4.88 Å². The fraction of sp³-hybridized carbons (Fsp3) is 0.167. The van der Waals surface area contributed by atoms with E-state index in [0.29, 0.717) is 4.88 Å². The summed E-state index contributed by atoms with van der Waals surface area (Å²) in [6, 6.07) is 9.75. The Hall–Kier alpha value is -1.44. The second-order valence-corrected chi connectivity index (χ2v) is 5.70. The molecule has 0 N–H and O–H groups in total. The first-order chi connectivity index (χ1) is 7.70. The Morgan fingerprint density at radius 2 is 1.94 bits per heavy atom. The van der Waals surface area contributed by atoms with E-state index in [1.54, 1.807) is 17.4 Å². The van der Waals surface area contributed by atoms with Crippen LogP contribution in [0.4, 0.5) is 0 Å². The van der Waals surface area contributed by atoms with Crippen molar-refractivity contribution in [3.05, 3.63) is 34.0 Å². The summed E-state index contributed by atoms with van der Waals surface area (Å²) in [5.74, 6) is -0.0907. The molecule has 2 aromatic heterocycles. The first kappa shape index (κ1) is 11.1. The molecule has 0 saturated carbocycles. The second kappa shape index (κ2) is 4.60. The SMILES string of the molecule is Cc1ccc(-c2ccc(C(=O)CC#N)s2)s1. The fourth-order valence-corrected chi connectivity index (χ4v) is 3.25. The predicted octanol–water partition coefficient (Wildman–Crippen LogP) is 3.88. The standard InChI is InChI=1S/C12H9NOS2/c1-8-2-3-11(15-8)12-5-4-10(16-12)9(14)6-7-13/h2-5H,6H2,1H3. The van der Waals surface area contributed by atoms with Gasteiger partial charge < -0.3 is 0 Å². The summed E-state index contributed by atoms with van der Waals surface area (Å²) in [7, 11) is 0. The van der Waals surface area contributed by atoms with Gasteiger partial charge in [0.25, 0.3) is 0 Å². The van der Waals surface area contributed by atoms with Crippen molar-refractivity contribution in [2.75, 3.05) is 0 Å². The molecule has 0 amide bonds. The zero-order valence-electron chi connectivity index (χ0n) is 8.69. The lowest BCUT2D eigenvalue weighted by molar-refractivity contribution is 0.100. The van der Waals surface area contributed by atoms with Crippen LogP contribution in [0.1, 0.15) is 21.0 Å². The number of thiophene rings is 2. The molecule has 2 rings (SSSR count). The molecule has 0 aliphatic rings. The summed E-state index contributed by atoms with van der Waals surface area (Å²) in [6.45, 7) is 2.06. The van der Waals surface area contributed by atoms with Crippen molar-refractivity contribution < 1.29 is 4.79 Å². The summed E-state index contributed by atoms with van der Waals surface area (Å²) in [5, 5.41) is 8.46. The van der Waals surface area contributed by atoms with Crippen molar-refractivity contribution in [1.82, 2.24) is 0 Å². The molecule has 2 heterocycles. The van der Waals surface area contributed by atoms with Crippen LogP contribution in [0.25, 0.3) is 9.75 Å². The number of ketones is 1. The Kier molecular flexibility index (Phi) is 3.18. The minimum atomic E-state index is -0.0907. The molecule has 80 valence electrons. The quantitative estimate of drug-likeness (QED) is 0.772. The maximum atomic E-state index is 11.5. The number of aryl methyl sites for hydroxylation is 1. The van der Waals surface area contributed by atoms with Crippen LogP contribution in [0.2, 0.25) is 0 Å². The summed E-state index contributed by atoms with van der Waals surface area (Å²) in [5.41, 5.74) is 0. The predicted molar refractivity (Wildman–Crippen MR) is 66.9 cm³/mol. The summed E-state index contributed by atoms with van der Waals surface area (Å²) in [6.07, 6.45) is -0.0383. The van der Waals surface area contributed by atoms with Gasteiger partial charge in [0.1, 0.15) is 0 Å². The van der Waals surface area contributed by atoms with Crippen molar-refractivity contribution >= 4 is 28.5 Å². The zero-order valence-corrected chi connectivity index (χ0v) is 10.3. The number of rotatable bonds is 3. The fourth-order valence-electron chi connectivity index (χ4n) is 1.35. The molecular weight excluding hydrogens is 238 g/mol. The molecule has 0 atom stereocenters. The number of nitriles is 1. The van der Waals surface area contributed by atoms with E-state index in [4.69, 9.17) is 5.26 Å². The Bertz CT molecular complexity index is 560. The molecule has 0 spiro atoms. The third-order valence-corrected chi connectivity index (χ3v) is 4.43. The topological polar surface area (TPSA) is 40.9 Å². The van der Waals surface area contributed by atoms with Crippen LogP contribution < -0.4 is 0 Å². The highest BCUT2D eigenvalue weighted by molar-refractivity contribution is 7.23. The zero-order chi connectivity index (χ0) is 11.5. The lowest BCUT2D eigenvalue weighted by Gasteiger charge is -1.89. The summed E-state index contributed by atoms with van der Waals surface area (Å²) >= 11 is 3.17. The van der Waals surface area contributed by atoms with Crippen molar-refractivity contribution in [1.29, 1.82) is 5.26 Å². The van der Waals surface area contributed by atoms with E-state index in [1.807, 2.05) is 12.1 Å². The van der Waals surface area contributed by atoms with Gasteiger partial charge in [-0.2, -0.15) is 5.26 Å². The van der Waals surface area contributed by atoms with E-state index >= 15 is 0 Å². The van der Waals surface area contributed by atoms with Crippen LogP contribution in [0.15, 0.2) is 24.3 Å². The van der Waals surface area contributed by atoms with Gasteiger partial charge >= 0.3 is 0 Å². The third-order valence-electron chi connectivity index (χ3n) is 2.10. The summed E-state index contributed by atoms with van der Waals surface area (Å²) in [4.78, 5) is 15.7. The first-order valence-electron chi connectivity index (χ1n) is 4.77. The highest BCUT2D eigenvalue weighted by Gasteiger charge is 2.10. The van der Waals surface area contributed by atoms with Gasteiger partial charge in [-0.25, -0.2) is 0 Å². The van der Waals surface area contributed by atoms with Crippen molar-refractivity contribution in [2.24, 2.45) is 0 Å².